The lowest BCUT2D eigenvalue weighted by molar-refractivity contribution is -0.143. The van der Waals surface area contributed by atoms with Gasteiger partial charge in [-0.2, -0.15) is 0 Å². The van der Waals surface area contributed by atoms with E-state index >= 15 is 0 Å². The summed E-state index contributed by atoms with van der Waals surface area (Å²) in [6.45, 7) is 0. The molecule has 4 nitrogen and oxygen atoms in total. The first-order valence-electron chi connectivity index (χ1n) is 6.08. The van der Waals surface area contributed by atoms with Gasteiger partial charge < -0.3 is 15.5 Å². The normalized spacial score (nSPS) is 18.6. The lowest BCUT2D eigenvalue weighted by Gasteiger charge is -2.21. The van der Waals surface area contributed by atoms with Crippen LogP contribution in [0.2, 0.25) is 0 Å². The number of carbonyl (C=O) groups is 1. The molecule has 0 radical (unpaired) electrons. The number of hydrogen-bond acceptors (Lipinski definition) is 3. The molecule has 1 atom stereocenters. The van der Waals surface area contributed by atoms with Crippen molar-refractivity contribution in [3.05, 3.63) is 36.0 Å². The highest BCUT2D eigenvalue weighted by Gasteiger charge is 2.52. The minimum atomic E-state index is -0.574. The molecule has 0 saturated heterocycles. The summed E-state index contributed by atoms with van der Waals surface area (Å²) in [7, 11) is 1.38. The average Bonchev–Trinajstić information content (AvgIpc) is 3.08. The molecule has 1 heterocycles. The van der Waals surface area contributed by atoms with E-state index in [-0.39, 0.29) is 11.4 Å². The highest BCUT2D eigenvalue weighted by atomic mass is 16.5. The van der Waals surface area contributed by atoms with Gasteiger partial charge in [0.05, 0.1) is 7.11 Å². The molecule has 1 aliphatic carbocycles. The van der Waals surface area contributed by atoms with Crippen LogP contribution in [-0.4, -0.2) is 24.1 Å². The standard InChI is InChI=1S/C14H16N2O2/c1-18-13(17)12(15)14(5-6-14)10-3-2-9-4-7-16-11(9)8-10/h2-4,7-8,12,16H,5-6,15H2,1H3. The molecular formula is C14H16N2O2. The van der Waals surface area contributed by atoms with Crippen molar-refractivity contribution in [2.75, 3.05) is 7.11 Å². The number of hydrogen-bond donors (Lipinski definition) is 2. The van der Waals surface area contributed by atoms with E-state index in [4.69, 9.17) is 10.5 Å². The van der Waals surface area contributed by atoms with Crippen LogP contribution >= 0.6 is 0 Å². The van der Waals surface area contributed by atoms with Gasteiger partial charge in [0.15, 0.2) is 0 Å². The van der Waals surface area contributed by atoms with Gasteiger partial charge in [0.25, 0.3) is 0 Å². The van der Waals surface area contributed by atoms with Gasteiger partial charge in [0.2, 0.25) is 0 Å². The summed E-state index contributed by atoms with van der Waals surface area (Å²) in [5.74, 6) is -0.334. The maximum Gasteiger partial charge on any atom is 0.323 e. The zero-order valence-electron chi connectivity index (χ0n) is 10.3. The first kappa shape index (κ1) is 11.3. The molecule has 1 fully saturated rings. The Kier molecular flexibility index (Phi) is 2.41. The first-order chi connectivity index (χ1) is 8.67. The topological polar surface area (TPSA) is 68.1 Å². The number of H-pyrrole nitrogens is 1. The van der Waals surface area contributed by atoms with E-state index < -0.39 is 6.04 Å². The van der Waals surface area contributed by atoms with Crippen molar-refractivity contribution in [1.82, 2.24) is 4.98 Å². The largest absolute Gasteiger partial charge is 0.468 e. The molecule has 3 N–H and O–H groups in total. The highest BCUT2D eigenvalue weighted by Crippen LogP contribution is 2.51. The second kappa shape index (κ2) is 3.85. The van der Waals surface area contributed by atoms with Gasteiger partial charge in [-0.3, -0.25) is 4.79 Å². The molecule has 2 aromatic rings. The van der Waals surface area contributed by atoms with E-state index in [1.165, 1.54) is 12.5 Å². The lowest BCUT2D eigenvalue weighted by atomic mass is 9.88. The Morgan fingerprint density at radius 2 is 2.22 bits per heavy atom. The van der Waals surface area contributed by atoms with Gasteiger partial charge in [-0.25, -0.2) is 0 Å². The fraction of sp³-hybridized carbons (Fsp3) is 0.357. The van der Waals surface area contributed by atoms with Gasteiger partial charge >= 0.3 is 5.97 Å². The number of aromatic nitrogens is 1. The maximum absolute atomic E-state index is 11.6. The third kappa shape index (κ3) is 1.53. The van der Waals surface area contributed by atoms with Crippen LogP contribution in [0.5, 0.6) is 0 Å². The molecule has 18 heavy (non-hydrogen) atoms. The van der Waals surface area contributed by atoms with E-state index in [9.17, 15) is 4.79 Å². The highest BCUT2D eigenvalue weighted by molar-refractivity contribution is 5.82. The van der Waals surface area contributed by atoms with Crippen molar-refractivity contribution in [2.45, 2.75) is 24.3 Å². The van der Waals surface area contributed by atoms with Crippen molar-refractivity contribution in [1.29, 1.82) is 0 Å². The molecule has 1 unspecified atom stereocenters. The average molecular weight is 244 g/mol. The summed E-state index contributed by atoms with van der Waals surface area (Å²) in [5, 5.41) is 1.17. The Morgan fingerprint density at radius 3 is 2.89 bits per heavy atom. The van der Waals surface area contributed by atoms with Gasteiger partial charge in [-0.1, -0.05) is 12.1 Å². The maximum atomic E-state index is 11.6. The lowest BCUT2D eigenvalue weighted by Crippen LogP contribution is -2.42. The van der Waals surface area contributed by atoms with Gasteiger partial charge in [-0.05, 0) is 35.9 Å². The number of methoxy groups -OCH3 is 1. The minimum Gasteiger partial charge on any atom is -0.468 e. The van der Waals surface area contributed by atoms with E-state index in [1.54, 1.807) is 0 Å². The summed E-state index contributed by atoms with van der Waals surface area (Å²) >= 11 is 0. The number of nitrogens with two attached hydrogens (primary N) is 1. The fourth-order valence-electron chi connectivity index (χ4n) is 2.62. The third-order valence-corrected chi connectivity index (χ3v) is 3.97. The number of carbonyl (C=O) groups excluding carboxylic acids is 1. The molecule has 0 aliphatic heterocycles. The monoisotopic (exact) mass is 244 g/mol. The van der Waals surface area contributed by atoms with Crippen molar-refractivity contribution in [3.63, 3.8) is 0 Å². The van der Waals surface area contributed by atoms with E-state index in [1.807, 2.05) is 12.3 Å². The van der Waals surface area contributed by atoms with Crippen molar-refractivity contribution < 1.29 is 9.53 Å². The Bertz CT molecular complexity index is 599. The van der Waals surface area contributed by atoms with Gasteiger partial charge in [0, 0.05) is 17.1 Å². The minimum absolute atomic E-state index is 0.230. The Morgan fingerprint density at radius 1 is 1.44 bits per heavy atom. The van der Waals surface area contributed by atoms with Crippen LogP contribution in [0.1, 0.15) is 18.4 Å². The second-order valence-corrected chi connectivity index (χ2v) is 4.94. The Hall–Kier alpha value is -1.81. The van der Waals surface area contributed by atoms with E-state index in [0.717, 1.165) is 23.9 Å². The Labute approximate surface area is 105 Å². The molecule has 3 rings (SSSR count). The van der Waals surface area contributed by atoms with Gasteiger partial charge in [0.1, 0.15) is 6.04 Å². The molecule has 94 valence electrons. The third-order valence-electron chi connectivity index (χ3n) is 3.97. The summed E-state index contributed by atoms with van der Waals surface area (Å²) in [4.78, 5) is 14.8. The summed E-state index contributed by atoms with van der Waals surface area (Å²) in [6, 6.07) is 7.66. The number of ether oxygens (including phenoxy) is 1. The van der Waals surface area contributed by atoms with Crippen molar-refractivity contribution >= 4 is 16.9 Å². The zero-order valence-corrected chi connectivity index (χ0v) is 10.3. The molecule has 1 saturated carbocycles. The van der Waals surface area contributed by atoms with E-state index in [0.29, 0.717) is 0 Å². The molecular weight excluding hydrogens is 228 g/mol. The van der Waals surface area contributed by atoms with Gasteiger partial charge in [-0.15, -0.1) is 0 Å². The summed E-state index contributed by atoms with van der Waals surface area (Å²) in [5.41, 5.74) is 8.01. The molecule has 1 aromatic carbocycles. The molecule has 4 heteroatoms. The molecule has 1 aliphatic rings. The number of rotatable bonds is 3. The van der Waals surface area contributed by atoms with Crippen LogP contribution in [0.4, 0.5) is 0 Å². The number of aromatic amines is 1. The molecule has 1 aromatic heterocycles. The van der Waals surface area contributed by atoms with Crippen LogP contribution in [0, 0.1) is 0 Å². The predicted molar refractivity (Wildman–Crippen MR) is 69.2 cm³/mol. The van der Waals surface area contributed by atoms with Crippen LogP contribution in [0.3, 0.4) is 0 Å². The van der Waals surface area contributed by atoms with Crippen molar-refractivity contribution in [3.8, 4) is 0 Å². The second-order valence-electron chi connectivity index (χ2n) is 4.94. The van der Waals surface area contributed by atoms with E-state index in [2.05, 4.69) is 23.2 Å². The predicted octanol–water partition coefficient (Wildman–Crippen LogP) is 1.70. The van der Waals surface area contributed by atoms with Crippen LogP contribution in [-0.2, 0) is 14.9 Å². The fourth-order valence-corrected chi connectivity index (χ4v) is 2.62. The zero-order chi connectivity index (χ0) is 12.8. The number of esters is 1. The Balaban J connectivity index is 2.00. The van der Waals surface area contributed by atoms with Crippen molar-refractivity contribution in [2.24, 2.45) is 5.73 Å². The quantitative estimate of drug-likeness (QED) is 0.807. The summed E-state index contributed by atoms with van der Waals surface area (Å²) in [6.07, 6.45) is 3.79. The smallest absolute Gasteiger partial charge is 0.323 e. The number of fused-ring (bicyclic) bond motifs is 1. The molecule has 0 bridgehead atoms. The molecule has 0 spiro atoms. The SMILES string of the molecule is COC(=O)C(N)C1(c2ccc3cc[nH]c3c2)CC1. The first-order valence-corrected chi connectivity index (χ1v) is 6.08. The van der Waals surface area contributed by atoms with Crippen LogP contribution < -0.4 is 5.73 Å². The number of benzene rings is 1. The summed E-state index contributed by atoms with van der Waals surface area (Å²) < 4.78 is 4.76. The number of nitrogens with one attached hydrogen (secondary N) is 1. The van der Waals surface area contributed by atoms with Crippen LogP contribution in [0.15, 0.2) is 30.5 Å². The van der Waals surface area contributed by atoms with Crippen LogP contribution in [0.25, 0.3) is 10.9 Å². The molecule has 0 amide bonds.